The molecule has 1 aliphatic rings. The first-order chi connectivity index (χ1) is 7.85. The van der Waals surface area contributed by atoms with Crippen molar-refractivity contribution in [3.63, 3.8) is 0 Å². The summed E-state index contributed by atoms with van der Waals surface area (Å²) in [5.74, 6) is 0. The molecule has 1 aliphatic heterocycles. The quantitative estimate of drug-likeness (QED) is 0.800. The van der Waals surface area contributed by atoms with E-state index in [2.05, 4.69) is 51.8 Å². The van der Waals surface area contributed by atoms with Gasteiger partial charge in [0.25, 0.3) is 0 Å². The summed E-state index contributed by atoms with van der Waals surface area (Å²) >= 11 is 0. The Labute approximate surface area is 107 Å². The lowest BCUT2D eigenvalue weighted by Crippen LogP contribution is -2.58. The molecule has 3 heteroatoms. The minimum absolute atomic E-state index is 0.0175. The Morgan fingerprint density at radius 2 is 2.06 bits per heavy atom. The second-order valence-electron chi connectivity index (χ2n) is 6.10. The van der Waals surface area contributed by atoms with Crippen LogP contribution in [0.4, 0.5) is 0 Å². The highest BCUT2D eigenvalue weighted by atomic mass is 16.5. The number of nitrogens with one attached hydrogen (secondary N) is 1. The summed E-state index contributed by atoms with van der Waals surface area (Å²) in [4.78, 5) is 2.56. The molecule has 1 N–H and O–H groups in total. The number of ether oxygens (including phenoxy) is 1. The fourth-order valence-electron chi connectivity index (χ4n) is 2.67. The van der Waals surface area contributed by atoms with Crippen LogP contribution in [-0.4, -0.2) is 48.3 Å². The Hall–Kier alpha value is -0.120. The van der Waals surface area contributed by atoms with Crippen molar-refractivity contribution in [3.8, 4) is 0 Å². The van der Waals surface area contributed by atoms with Crippen molar-refractivity contribution in [3.05, 3.63) is 0 Å². The van der Waals surface area contributed by atoms with Gasteiger partial charge in [0.1, 0.15) is 0 Å². The van der Waals surface area contributed by atoms with Crippen molar-refractivity contribution in [2.24, 2.45) is 0 Å². The van der Waals surface area contributed by atoms with E-state index in [-0.39, 0.29) is 5.60 Å². The van der Waals surface area contributed by atoms with E-state index in [0.717, 1.165) is 19.6 Å². The summed E-state index contributed by atoms with van der Waals surface area (Å²) in [7, 11) is 0. The van der Waals surface area contributed by atoms with Crippen LogP contribution in [0.15, 0.2) is 0 Å². The highest BCUT2D eigenvalue weighted by Gasteiger charge is 2.34. The molecular weight excluding hydrogens is 212 g/mol. The number of hydrogen-bond acceptors (Lipinski definition) is 3. The van der Waals surface area contributed by atoms with Crippen LogP contribution in [0.3, 0.4) is 0 Å². The van der Waals surface area contributed by atoms with Crippen LogP contribution in [0.25, 0.3) is 0 Å². The fraction of sp³-hybridized carbons (Fsp3) is 1.00. The SMILES string of the molecule is CCCNC(C)C(C)N1CC(C)OC(C)(C)C1. The third-order valence-corrected chi connectivity index (χ3v) is 3.61. The van der Waals surface area contributed by atoms with E-state index in [0.29, 0.717) is 18.2 Å². The molecule has 0 aromatic rings. The second-order valence-corrected chi connectivity index (χ2v) is 6.10. The van der Waals surface area contributed by atoms with Crippen LogP contribution in [-0.2, 0) is 4.74 Å². The second kappa shape index (κ2) is 6.17. The Bertz CT molecular complexity index is 230. The van der Waals surface area contributed by atoms with Gasteiger partial charge in [0.15, 0.2) is 0 Å². The van der Waals surface area contributed by atoms with Gasteiger partial charge in [0, 0.05) is 25.2 Å². The van der Waals surface area contributed by atoms with Crippen molar-refractivity contribution in [2.45, 2.75) is 71.8 Å². The third kappa shape index (κ3) is 4.57. The first kappa shape index (κ1) is 14.9. The summed E-state index contributed by atoms with van der Waals surface area (Å²) in [6.45, 7) is 16.5. The zero-order valence-corrected chi connectivity index (χ0v) is 12.4. The fourth-order valence-corrected chi connectivity index (χ4v) is 2.67. The molecule has 1 fully saturated rings. The number of hydrogen-bond donors (Lipinski definition) is 1. The summed E-state index contributed by atoms with van der Waals surface area (Å²) in [6.07, 6.45) is 1.53. The van der Waals surface area contributed by atoms with Crippen LogP contribution in [0.1, 0.15) is 48.0 Å². The van der Waals surface area contributed by atoms with Gasteiger partial charge in [-0.3, -0.25) is 4.90 Å². The lowest BCUT2D eigenvalue weighted by Gasteiger charge is -2.45. The van der Waals surface area contributed by atoms with Crippen LogP contribution < -0.4 is 5.32 Å². The first-order valence-electron chi connectivity index (χ1n) is 7.01. The van der Waals surface area contributed by atoms with E-state index in [1.165, 1.54) is 6.42 Å². The average Bonchev–Trinajstić information content (AvgIpc) is 2.21. The minimum Gasteiger partial charge on any atom is -0.370 e. The molecule has 0 aromatic heterocycles. The van der Waals surface area contributed by atoms with Crippen LogP contribution >= 0.6 is 0 Å². The molecule has 1 heterocycles. The number of morpholine rings is 1. The molecule has 0 amide bonds. The van der Waals surface area contributed by atoms with E-state index in [4.69, 9.17) is 4.74 Å². The highest BCUT2D eigenvalue weighted by molar-refractivity contribution is 4.88. The Balaban J connectivity index is 2.52. The van der Waals surface area contributed by atoms with Crippen LogP contribution in [0, 0.1) is 0 Å². The molecule has 1 saturated heterocycles. The zero-order chi connectivity index (χ0) is 13.1. The molecule has 0 bridgehead atoms. The van der Waals surface area contributed by atoms with E-state index < -0.39 is 0 Å². The van der Waals surface area contributed by atoms with Crippen molar-refractivity contribution in [1.82, 2.24) is 10.2 Å². The third-order valence-electron chi connectivity index (χ3n) is 3.61. The maximum atomic E-state index is 5.95. The van der Waals surface area contributed by atoms with Gasteiger partial charge in [-0.1, -0.05) is 6.92 Å². The standard InChI is InChI=1S/C14H30N2O/c1-7-8-15-12(3)13(4)16-9-11(2)17-14(5,6)10-16/h11-13,15H,7-10H2,1-6H3. The lowest BCUT2D eigenvalue weighted by atomic mass is 10.0. The normalized spacial score (nSPS) is 28.9. The summed E-state index contributed by atoms with van der Waals surface area (Å²) < 4.78 is 5.95. The van der Waals surface area contributed by atoms with Crippen molar-refractivity contribution >= 4 is 0 Å². The Kier molecular flexibility index (Phi) is 5.42. The van der Waals surface area contributed by atoms with Crippen LogP contribution in [0.5, 0.6) is 0 Å². The maximum Gasteiger partial charge on any atom is 0.0757 e. The molecular formula is C14H30N2O. The zero-order valence-electron chi connectivity index (χ0n) is 12.4. The molecule has 0 radical (unpaired) electrons. The molecule has 0 saturated carbocycles. The first-order valence-corrected chi connectivity index (χ1v) is 7.01. The highest BCUT2D eigenvalue weighted by Crippen LogP contribution is 2.23. The van der Waals surface area contributed by atoms with Crippen molar-refractivity contribution < 1.29 is 4.74 Å². The van der Waals surface area contributed by atoms with E-state index >= 15 is 0 Å². The molecule has 1 rings (SSSR count). The Morgan fingerprint density at radius 3 is 2.59 bits per heavy atom. The summed E-state index contributed by atoms with van der Waals surface area (Å²) in [5.41, 5.74) is -0.0175. The van der Waals surface area contributed by atoms with Gasteiger partial charge in [0.2, 0.25) is 0 Å². The molecule has 3 nitrogen and oxygen atoms in total. The molecule has 17 heavy (non-hydrogen) atoms. The van der Waals surface area contributed by atoms with Gasteiger partial charge in [0.05, 0.1) is 11.7 Å². The van der Waals surface area contributed by atoms with Gasteiger partial charge in [-0.25, -0.2) is 0 Å². The van der Waals surface area contributed by atoms with E-state index in [1.54, 1.807) is 0 Å². The predicted octanol–water partition coefficient (Wildman–Crippen LogP) is 2.26. The molecule has 0 aliphatic carbocycles. The summed E-state index contributed by atoms with van der Waals surface area (Å²) in [5, 5.41) is 3.59. The minimum atomic E-state index is -0.0175. The topological polar surface area (TPSA) is 24.5 Å². The monoisotopic (exact) mass is 242 g/mol. The van der Waals surface area contributed by atoms with Crippen molar-refractivity contribution in [2.75, 3.05) is 19.6 Å². The van der Waals surface area contributed by atoms with Gasteiger partial charge >= 0.3 is 0 Å². The van der Waals surface area contributed by atoms with E-state index in [1.807, 2.05) is 0 Å². The largest absolute Gasteiger partial charge is 0.370 e. The van der Waals surface area contributed by atoms with Gasteiger partial charge in [-0.05, 0) is 47.6 Å². The van der Waals surface area contributed by atoms with Gasteiger partial charge in [-0.2, -0.15) is 0 Å². The molecule has 102 valence electrons. The molecule has 0 spiro atoms. The summed E-state index contributed by atoms with van der Waals surface area (Å²) in [6, 6.07) is 1.10. The molecule has 3 unspecified atom stereocenters. The van der Waals surface area contributed by atoms with E-state index in [9.17, 15) is 0 Å². The number of nitrogens with zero attached hydrogens (tertiary/aromatic N) is 1. The molecule has 0 aromatic carbocycles. The lowest BCUT2D eigenvalue weighted by molar-refractivity contribution is -0.138. The van der Waals surface area contributed by atoms with Gasteiger partial charge < -0.3 is 10.1 Å². The smallest absolute Gasteiger partial charge is 0.0757 e. The molecule has 3 atom stereocenters. The maximum absolute atomic E-state index is 5.95. The number of rotatable bonds is 5. The van der Waals surface area contributed by atoms with Crippen LogP contribution in [0.2, 0.25) is 0 Å². The Morgan fingerprint density at radius 1 is 1.41 bits per heavy atom. The van der Waals surface area contributed by atoms with Gasteiger partial charge in [-0.15, -0.1) is 0 Å². The average molecular weight is 242 g/mol. The predicted molar refractivity (Wildman–Crippen MR) is 73.4 cm³/mol. The van der Waals surface area contributed by atoms with Crippen molar-refractivity contribution in [1.29, 1.82) is 0 Å².